The lowest BCUT2D eigenvalue weighted by molar-refractivity contribution is 0.0203. The molecule has 28 heavy (non-hydrogen) atoms. The highest BCUT2D eigenvalue weighted by atomic mass is 127. The minimum Gasteiger partial charge on any atom is -0.381 e. The number of nitrogens with zero attached hydrogens (tertiary/aromatic N) is 3. The summed E-state index contributed by atoms with van der Waals surface area (Å²) in [7, 11) is 0. The first kappa shape index (κ1) is 25.2. The normalized spacial score (nSPS) is 15.3. The van der Waals surface area contributed by atoms with Gasteiger partial charge in [-0.25, -0.2) is 0 Å². The van der Waals surface area contributed by atoms with E-state index in [1.165, 1.54) is 5.69 Å². The average molecular weight is 507 g/mol. The van der Waals surface area contributed by atoms with Crippen LogP contribution < -0.4 is 10.6 Å². The van der Waals surface area contributed by atoms with Crippen LogP contribution in [0.1, 0.15) is 44.0 Å². The molecule has 0 bridgehead atoms. The molecule has 1 aliphatic heterocycles. The Labute approximate surface area is 187 Å². The fraction of sp³-hybridized carbons (Fsp3) is 0.800. The largest absolute Gasteiger partial charge is 0.381 e. The lowest BCUT2D eigenvalue weighted by Crippen LogP contribution is -2.38. The molecule has 1 aromatic rings. The number of ether oxygens (including phenoxy) is 2. The van der Waals surface area contributed by atoms with Crippen LogP contribution in [0.15, 0.2) is 11.1 Å². The van der Waals surface area contributed by atoms with Gasteiger partial charge in [0.25, 0.3) is 0 Å². The molecule has 8 heteroatoms. The van der Waals surface area contributed by atoms with Gasteiger partial charge >= 0.3 is 0 Å². The Morgan fingerprint density at radius 1 is 1.29 bits per heavy atom. The van der Waals surface area contributed by atoms with Crippen molar-refractivity contribution in [1.82, 2.24) is 20.4 Å². The summed E-state index contributed by atoms with van der Waals surface area (Å²) in [6.45, 7) is 13.1. The number of aryl methyl sites for hydroxylation is 3. The van der Waals surface area contributed by atoms with Crippen LogP contribution in [0.25, 0.3) is 0 Å². The Morgan fingerprint density at radius 3 is 2.75 bits per heavy atom. The Balaban J connectivity index is 0.00000392. The van der Waals surface area contributed by atoms with Crippen LogP contribution in [0.3, 0.4) is 0 Å². The molecule has 1 aromatic heterocycles. The zero-order valence-corrected chi connectivity index (χ0v) is 20.0. The van der Waals surface area contributed by atoms with Crippen molar-refractivity contribution >= 4 is 29.9 Å². The quantitative estimate of drug-likeness (QED) is 0.209. The minimum absolute atomic E-state index is 0. The molecule has 0 spiro atoms. The van der Waals surface area contributed by atoms with Crippen LogP contribution in [0.4, 0.5) is 0 Å². The highest BCUT2D eigenvalue weighted by molar-refractivity contribution is 14.0. The zero-order chi connectivity index (χ0) is 19.3. The molecular formula is C20H38IN5O2. The second-order valence-electron chi connectivity index (χ2n) is 7.18. The van der Waals surface area contributed by atoms with Crippen LogP contribution in [-0.2, 0) is 16.0 Å². The van der Waals surface area contributed by atoms with E-state index in [1.807, 2.05) is 6.92 Å². The molecule has 2 heterocycles. The molecule has 1 fully saturated rings. The highest BCUT2D eigenvalue weighted by Crippen LogP contribution is 2.14. The maximum atomic E-state index is 5.81. The molecule has 2 rings (SSSR count). The van der Waals surface area contributed by atoms with Crippen LogP contribution >= 0.6 is 24.0 Å². The van der Waals surface area contributed by atoms with E-state index in [0.29, 0.717) is 5.92 Å². The summed E-state index contributed by atoms with van der Waals surface area (Å²) in [4.78, 5) is 4.65. The highest BCUT2D eigenvalue weighted by Gasteiger charge is 2.13. The molecule has 0 unspecified atom stereocenters. The van der Waals surface area contributed by atoms with Crippen molar-refractivity contribution in [3.8, 4) is 0 Å². The van der Waals surface area contributed by atoms with Gasteiger partial charge in [0, 0.05) is 58.3 Å². The summed E-state index contributed by atoms with van der Waals surface area (Å²) in [5.74, 6) is 1.56. The third-order valence-corrected chi connectivity index (χ3v) is 4.70. The van der Waals surface area contributed by atoms with Gasteiger partial charge < -0.3 is 20.1 Å². The van der Waals surface area contributed by atoms with E-state index < -0.39 is 0 Å². The molecule has 0 radical (unpaired) electrons. The summed E-state index contributed by atoms with van der Waals surface area (Å²) in [6, 6.07) is 2.11. The molecular weight excluding hydrogens is 469 g/mol. The van der Waals surface area contributed by atoms with Crippen molar-refractivity contribution in [3.05, 3.63) is 17.5 Å². The lowest BCUT2D eigenvalue weighted by Gasteiger charge is -2.21. The van der Waals surface area contributed by atoms with Gasteiger partial charge in [-0.2, -0.15) is 5.10 Å². The molecule has 7 nitrogen and oxygen atoms in total. The van der Waals surface area contributed by atoms with Gasteiger partial charge in [0.05, 0.1) is 5.69 Å². The predicted molar refractivity (Wildman–Crippen MR) is 125 cm³/mol. The summed E-state index contributed by atoms with van der Waals surface area (Å²) >= 11 is 0. The number of hydrogen-bond donors (Lipinski definition) is 2. The fourth-order valence-electron chi connectivity index (χ4n) is 3.20. The second-order valence-corrected chi connectivity index (χ2v) is 7.18. The maximum Gasteiger partial charge on any atom is 0.191 e. The molecule has 0 aromatic carbocycles. The summed E-state index contributed by atoms with van der Waals surface area (Å²) in [6.07, 6.45) is 4.23. The van der Waals surface area contributed by atoms with E-state index in [1.54, 1.807) is 0 Å². The van der Waals surface area contributed by atoms with E-state index in [-0.39, 0.29) is 24.0 Å². The van der Waals surface area contributed by atoms with Gasteiger partial charge in [0.15, 0.2) is 5.96 Å². The predicted octanol–water partition coefficient (Wildman–Crippen LogP) is 2.90. The van der Waals surface area contributed by atoms with Gasteiger partial charge in [-0.3, -0.25) is 9.67 Å². The molecule has 2 N–H and O–H groups in total. The first-order valence-corrected chi connectivity index (χ1v) is 10.4. The molecule has 1 aliphatic rings. The number of aliphatic imine (C=N–C) groups is 1. The van der Waals surface area contributed by atoms with Gasteiger partial charge in [-0.1, -0.05) is 0 Å². The smallest absolute Gasteiger partial charge is 0.191 e. The SMILES string of the molecule is CCNC(=NCCCn1nc(C)cc1C)NCCCOCC1CCOCC1.I. The van der Waals surface area contributed by atoms with Gasteiger partial charge in [-0.05, 0) is 58.4 Å². The van der Waals surface area contributed by atoms with Crippen molar-refractivity contribution in [2.75, 3.05) is 46.1 Å². The molecule has 0 amide bonds. The Morgan fingerprint density at radius 2 is 2.07 bits per heavy atom. The molecule has 0 saturated carbocycles. The number of nitrogens with one attached hydrogen (secondary N) is 2. The van der Waals surface area contributed by atoms with E-state index in [4.69, 9.17) is 9.47 Å². The van der Waals surface area contributed by atoms with Gasteiger partial charge in [-0.15, -0.1) is 24.0 Å². The van der Waals surface area contributed by atoms with Crippen LogP contribution in [0.5, 0.6) is 0 Å². The third kappa shape index (κ3) is 10.1. The Kier molecular flexibility index (Phi) is 13.5. The summed E-state index contributed by atoms with van der Waals surface area (Å²) < 4.78 is 13.2. The van der Waals surface area contributed by atoms with Crippen molar-refractivity contribution in [2.45, 2.75) is 53.0 Å². The number of hydrogen-bond acceptors (Lipinski definition) is 4. The summed E-state index contributed by atoms with van der Waals surface area (Å²) in [5.41, 5.74) is 2.28. The zero-order valence-electron chi connectivity index (χ0n) is 17.7. The van der Waals surface area contributed by atoms with Crippen molar-refractivity contribution < 1.29 is 9.47 Å². The van der Waals surface area contributed by atoms with Crippen molar-refractivity contribution in [2.24, 2.45) is 10.9 Å². The number of rotatable bonds is 11. The van der Waals surface area contributed by atoms with Gasteiger partial charge in [0.1, 0.15) is 0 Å². The van der Waals surface area contributed by atoms with Crippen molar-refractivity contribution in [3.63, 3.8) is 0 Å². The minimum atomic E-state index is 0. The maximum absolute atomic E-state index is 5.81. The molecule has 1 saturated heterocycles. The number of halogens is 1. The van der Waals surface area contributed by atoms with E-state index >= 15 is 0 Å². The second kappa shape index (κ2) is 15.0. The Hall–Kier alpha value is -0.870. The van der Waals surface area contributed by atoms with Crippen LogP contribution in [0.2, 0.25) is 0 Å². The lowest BCUT2D eigenvalue weighted by atomic mass is 10.0. The topological polar surface area (TPSA) is 72.7 Å². The molecule has 0 aliphatic carbocycles. The van der Waals surface area contributed by atoms with Crippen molar-refractivity contribution in [1.29, 1.82) is 0 Å². The third-order valence-electron chi connectivity index (χ3n) is 4.70. The first-order chi connectivity index (χ1) is 13.2. The van der Waals surface area contributed by atoms with E-state index in [0.717, 1.165) is 89.9 Å². The Bertz CT molecular complexity index is 559. The van der Waals surface area contributed by atoms with Crippen LogP contribution in [-0.4, -0.2) is 61.8 Å². The monoisotopic (exact) mass is 507 g/mol. The average Bonchev–Trinajstić information content (AvgIpc) is 2.99. The van der Waals surface area contributed by atoms with E-state index in [2.05, 4.69) is 45.3 Å². The van der Waals surface area contributed by atoms with E-state index in [9.17, 15) is 0 Å². The standard InChI is InChI=1S/C20H37N5O2.HI/c1-4-21-20(22-9-5-11-25-18(3)15-17(2)24-25)23-10-6-12-27-16-19-7-13-26-14-8-19;/h15,19H,4-14,16H2,1-3H3,(H2,21,22,23);1H. The van der Waals surface area contributed by atoms with Crippen LogP contribution in [0, 0.1) is 19.8 Å². The fourth-order valence-corrected chi connectivity index (χ4v) is 3.20. The molecule has 0 atom stereocenters. The number of guanidine groups is 1. The summed E-state index contributed by atoms with van der Waals surface area (Å²) in [5, 5.41) is 11.2. The van der Waals surface area contributed by atoms with Gasteiger partial charge in [0.2, 0.25) is 0 Å². The molecule has 162 valence electrons. The number of aromatic nitrogens is 2. The first-order valence-electron chi connectivity index (χ1n) is 10.4.